The number of aromatic nitrogens is 4. The van der Waals surface area contributed by atoms with Gasteiger partial charge in [-0.1, -0.05) is 49.1 Å². The van der Waals surface area contributed by atoms with E-state index >= 15 is 0 Å². The van der Waals surface area contributed by atoms with Crippen molar-refractivity contribution in [3.8, 4) is 0 Å². The molecule has 38 heavy (non-hydrogen) atoms. The summed E-state index contributed by atoms with van der Waals surface area (Å²) in [6.07, 6.45) is 11.1. The zero-order chi connectivity index (χ0) is 26.7. The van der Waals surface area contributed by atoms with Crippen molar-refractivity contribution in [1.82, 2.24) is 30.2 Å². The molecule has 1 unspecified atom stereocenters. The maximum atomic E-state index is 12.8. The van der Waals surface area contributed by atoms with Crippen LogP contribution in [0.4, 0.5) is 10.2 Å². The number of pyridine rings is 1. The van der Waals surface area contributed by atoms with Crippen molar-refractivity contribution >= 4 is 5.82 Å². The lowest BCUT2D eigenvalue weighted by atomic mass is 10.1. The Morgan fingerprint density at radius 2 is 1.87 bits per heavy atom. The standard InChI is InChI=1S/C14H20N2.C8H8FN.C8H12N4/c1-12(14-9-6-10-16(14)2)15-11-13-7-4-3-5-8-13;9-8-7(6-3-4-6)2-1-5-10-8;1-2-4-12-9-7-8(10-12)11-5-3-6-11/h3-5,7-8,14-15H,1,6,9-11H2,2H3;1-2,5-6H,3-4H2;2,7H,1,3-6H2. The Morgan fingerprint density at radius 1 is 1.08 bits per heavy atom. The monoisotopic (exact) mass is 517 g/mol. The average molecular weight is 518 g/mol. The van der Waals surface area contributed by atoms with Gasteiger partial charge in [0.05, 0.1) is 12.7 Å². The lowest BCUT2D eigenvalue weighted by Crippen LogP contribution is -2.37. The van der Waals surface area contributed by atoms with E-state index in [0.717, 1.165) is 49.6 Å². The molecular weight excluding hydrogens is 477 g/mol. The van der Waals surface area contributed by atoms with Gasteiger partial charge in [0.15, 0.2) is 5.82 Å². The van der Waals surface area contributed by atoms with Gasteiger partial charge in [0, 0.05) is 43.1 Å². The Kier molecular flexibility index (Phi) is 10.0. The second-order valence-corrected chi connectivity index (χ2v) is 10.0. The first-order valence-electron chi connectivity index (χ1n) is 13.6. The summed E-state index contributed by atoms with van der Waals surface area (Å²) in [5.74, 6) is 1.17. The van der Waals surface area contributed by atoms with Crippen LogP contribution in [0.1, 0.15) is 49.1 Å². The number of anilines is 1. The van der Waals surface area contributed by atoms with E-state index in [1.54, 1.807) is 16.9 Å². The van der Waals surface area contributed by atoms with Gasteiger partial charge in [-0.05, 0) is 63.2 Å². The first-order chi connectivity index (χ1) is 18.5. The molecule has 0 amide bonds. The highest BCUT2D eigenvalue weighted by molar-refractivity contribution is 5.36. The van der Waals surface area contributed by atoms with Gasteiger partial charge in [-0.3, -0.25) is 4.90 Å². The number of rotatable bonds is 8. The number of benzene rings is 1. The Morgan fingerprint density at radius 3 is 2.47 bits per heavy atom. The van der Waals surface area contributed by atoms with E-state index in [1.807, 2.05) is 18.3 Å². The highest BCUT2D eigenvalue weighted by Gasteiger charge is 2.26. The molecule has 1 aliphatic carbocycles. The van der Waals surface area contributed by atoms with Gasteiger partial charge in [0.2, 0.25) is 5.95 Å². The van der Waals surface area contributed by atoms with Crippen LogP contribution in [0.3, 0.4) is 0 Å². The fourth-order valence-corrected chi connectivity index (χ4v) is 4.56. The number of allylic oxidation sites excluding steroid dienone is 1. The predicted octanol–water partition coefficient (Wildman–Crippen LogP) is 5.16. The van der Waals surface area contributed by atoms with E-state index in [1.165, 1.54) is 37.6 Å². The number of nitrogens with one attached hydrogen (secondary N) is 1. The Balaban J connectivity index is 0.000000137. The third-order valence-corrected chi connectivity index (χ3v) is 7.09. The van der Waals surface area contributed by atoms with Gasteiger partial charge in [0.25, 0.3) is 0 Å². The molecule has 0 radical (unpaired) electrons. The zero-order valence-electron chi connectivity index (χ0n) is 22.5. The molecule has 1 saturated carbocycles. The van der Waals surface area contributed by atoms with E-state index in [9.17, 15) is 4.39 Å². The Labute approximate surface area is 226 Å². The molecule has 7 nitrogen and oxygen atoms in total. The number of hydrogen-bond acceptors (Lipinski definition) is 6. The highest BCUT2D eigenvalue weighted by atomic mass is 19.1. The van der Waals surface area contributed by atoms with Gasteiger partial charge < -0.3 is 10.2 Å². The van der Waals surface area contributed by atoms with Gasteiger partial charge in [-0.2, -0.15) is 14.3 Å². The van der Waals surface area contributed by atoms with Crippen LogP contribution in [0, 0.1) is 5.95 Å². The first kappa shape index (κ1) is 27.5. The quantitative estimate of drug-likeness (QED) is 0.329. The number of likely N-dealkylation sites (tertiary alicyclic amines) is 1. The predicted molar refractivity (Wildman–Crippen MR) is 151 cm³/mol. The molecule has 8 heteroatoms. The van der Waals surface area contributed by atoms with Crippen molar-refractivity contribution in [2.45, 2.75) is 57.2 Å². The van der Waals surface area contributed by atoms with E-state index in [4.69, 9.17) is 0 Å². The van der Waals surface area contributed by atoms with Crippen LogP contribution in [-0.2, 0) is 13.1 Å². The molecule has 2 aliphatic heterocycles. The third-order valence-electron chi connectivity index (χ3n) is 7.09. The summed E-state index contributed by atoms with van der Waals surface area (Å²) in [7, 11) is 2.17. The maximum absolute atomic E-state index is 12.8. The number of nitrogens with zero attached hydrogens (tertiary/aromatic N) is 6. The maximum Gasteiger partial charge on any atom is 0.216 e. The molecule has 6 rings (SSSR count). The molecule has 3 fully saturated rings. The third kappa shape index (κ3) is 7.99. The lowest BCUT2D eigenvalue weighted by molar-refractivity contribution is 0.334. The molecule has 0 spiro atoms. The summed E-state index contributed by atoms with van der Waals surface area (Å²) >= 11 is 0. The van der Waals surface area contributed by atoms with Crippen molar-refractivity contribution in [2.24, 2.45) is 0 Å². The van der Waals surface area contributed by atoms with Crippen molar-refractivity contribution in [2.75, 3.05) is 31.6 Å². The van der Waals surface area contributed by atoms with E-state index in [2.05, 4.69) is 74.8 Å². The normalized spacial score (nSPS) is 18.4. The molecule has 0 bridgehead atoms. The topological polar surface area (TPSA) is 62.1 Å². The minimum atomic E-state index is -0.287. The average Bonchev–Trinajstić information content (AvgIpc) is 3.50. The number of likely N-dealkylation sites (N-methyl/N-ethyl adjacent to an activating group) is 1. The highest BCUT2D eigenvalue weighted by Crippen LogP contribution is 2.40. The number of halogens is 1. The second-order valence-electron chi connectivity index (χ2n) is 10.0. The second kappa shape index (κ2) is 13.9. The minimum absolute atomic E-state index is 0.287. The molecule has 202 valence electrons. The van der Waals surface area contributed by atoms with Gasteiger partial charge in [-0.25, -0.2) is 4.98 Å². The van der Waals surface area contributed by atoms with Gasteiger partial charge in [-0.15, -0.1) is 11.7 Å². The van der Waals surface area contributed by atoms with Crippen LogP contribution in [0.15, 0.2) is 79.8 Å². The number of hydrogen-bond donors (Lipinski definition) is 1. The molecule has 3 aliphatic rings. The van der Waals surface area contributed by atoms with E-state index in [-0.39, 0.29) is 5.95 Å². The molecule has 1 aromatic carbocycles. The molecule has 2 aromatic heterocycles. The minimum Gasteiger partial charge on any atom is -0.383 e. The van der Waals surface area contributed by atoms with Crippen LogP contribution in [0.5, 0.6) is 0 Å². The van der Waals surface area contributed by atoms with E-state index < -0.39 is 0 Å². The van der Waals surface area contributed by atoms with Crippen molar-refractivity contribution < 1.29 is 4.39 Å². The summed E-state index contributed by atoms with van der Waals surface area (Å²) in [5, 5.41) is 11.8. The molecule has 2 saturated heterocycles. The van der Waals surface area contributed by atoms with Crippen LogP contribution in [0.25, 0.3) is 0 Å². The smallest absolute Gasteiger partial charge is 0.216 e. The van der Waals surface area contributed by atoms with Crippen LogP contribution in [0.2, 0.25) is 0 Å². The molecule has 3 aromatic rings. The molecule has 1 atom stereocenters. The Hall–Kier alpha value is -3.52. The first-order valence-corrected chi connectivity index (χ1v) is 13.6. The summed E-state index contributed by atoms with van der Waals surface area (Å²) < 4.78 is 12.8. The Bertz CT molecular complexity index is 1150. The fourth-order valence-electron chi connectivity index (χ4n) is 4.56. The molecule has 1 N–H and O–H groups in total. The largest absolute Gasteiger partial charge is 0.383 e. The molecular formula is C30H40FN7. The van der Waals surface area contributed by atoms with Gasteiger partial charge in [0.1, 0.15) is 0 Å². The van der Waals surface area contributed by atoms with Gasteiger partial charge >= 0.3 is 0 Å². The van der Waals surface area contributed by atoms with Crippen molar-refractivity contribution in [1.29, 1.82) is 0 Å². The van der Waals surface area contributed by atoms with Crippen molar-refractivity contribution in [3.63, 3.8) is 0 Å². The SMILES string of the molecule is C=C(NCc1ccccc1)C1CCCN1C.C=CCn1ncc(N2CCC2)n1.Fc1ncccc1C1CC1. The summed E-state index contributed by atoms with van der Waals surface area (Å²) in [4.78, 5) is 9.82. The fraction of sp³-hybridized carbons (Fsp3) is 0.433. The van der Waals surface area contributed by atoms with Crippen LogP contribution >= 0.6 is 0 Å². The van der Waals surface area contributed by atoms with Crippen molar-refractivity contribution in [3.05, 3.63) is 96.9 Å². The summed E-state index contributed by atoms with van der Waals surface area (Å²) in [5.41, 5.74) is 3.26. The summed E-state index contributed by atoms with van der Waals surface area (Å²) in [6, 6.07) is 14.6. The summed E-state index contributed by atoms with van der Waals surface area (Å²) in [6.45, 7) is 12.8. The van der Waals surface area contributed by atoms with Crippen LogP contribution in [-0.4, -0.2) is 57.6 Å². The van der Waals surface area contributed by atoms with E-state index in [0.29, 0.717) is 18.5 Å². The molecule has 4 heterocycles. The lowest BCUT2D eigenvalue weighted by Gasteiger charge is -2.30. The zero-order valence-corrected chi connectivity index (χ0v) is 22.5. The van der Waals surface area contributed by atoms with Crippen LogP contribution < -0.4 is 10.2 Å².